The number of fused-ring (bicyclic) bond motifs is 1. The summed E-state index contributed by atoms with van der Waals surface area (Å²) in [5.74, 6) is 1.25. The van der Waals surface area contributed by atoms with Crippen molar-refractivity contribution in [1.82, 2.24) is 9.97 Å². The van der Waals surface area contributed by atoms with Gasteiger partial charge >= 0.3 is 6.18 Å². The Morgan fingerprint density at radius 1 is 0.944 bits per heavy atom. The molecule has 36 heavy (non-hydrogen) atoms. The van der Waals surface area contributed by atoms with Crippen LogP contribution in [0.25, 0.3) is 33.3 Å². The number of rotatable bonds is 4. The number of morpholine rings is 1. The van der Waals surface area contributed by atoms with Crippen LogP contribution < -0.4 is 4.90 Å². The molecule has 1 aliphatic rings. The van der Waals surface area contributed by atoms with Gasteiger partial charge in [0.25, 0.3) is 0 Å². The Balaban J connectivity index is 1.73. The minimum absolute atomic E-state index is 0.0926. The summed E-state index contributed by atoms with van der Waals surface area (Å²) in [5, 5.41) is 0.898. The molecule has 0 bridgehead atoms. The lowest BCUT2D eigenvalue weighted by Crippen LogP contribution is -2.37. The van der Waals surface area contributed by atoms with Crippen molar-refractivity contribution in [2.24, 2.45) is 0 Å². The maximum absolute atomic E-state index is 13.7. The highest BCUT2D eigenvalue weighted by Gasteiger charge is 2.34. The van der Waals surface area contributed by atoms with Crippen molar-refractivity contribution in [3.63, 3.8) is 0 Å². The third kappa shape index (κ3) is 4.55. The normalized spacial score (nSPS) is 14.6. The molecule has 0 saturated carbocycles. The maximum atomic E-state index is 13.7. The molecule has 0 atom stereocenters. The number of benzene rings is 2. The van der Waals surface area contributed by atoms with Gasteiger partial charge in [0.1, 0.15) is 5.82 Å². The Morgan fingerprint density at radius 3 is 2.31 bits per heavy atom. The molecule has 4 aromatic rings. The van der Waals surface area contributed by atoms with Gasteiger partial charge in [-0.1, -0.05) is 50.2 Å². The number of anilines is 1. The molecule has 186 valence electrons. The van der Waals surface area contributed by atoms with E-state index in [0.29, 0.717) is 43.3 Å². The highest BCUT2D eigenvalue weighted by atomic mass is 19.4. The summed E-state index contributed by atoms with van der Waals surface area (Å²) in [6, 6.07) is 16.2. The molecule has 0 amide bonds. The zero-order valence-electron chi connectivity index (χ0n) is 20.6. The number of pyridine rings is 2. The Bertz CT molecular complexity index is 1390. The first-order valence-corrected chi connectivity index (χ1v) is 12.1. The molecule has 1 fully saturated rings. The first-order chi connectivity index (χ1) is 17.2. The predicted octanol–water partition coefficient (Wildman–Crippen LogP) is 7.25. The summed E-state index contributed by atoms with van der Waals surface area (Å²) >= 11 is 0. The molecule has 0 radical (unpaired) electrons. The van der Waals surface area contributed by atoms with Crippen LogP contribution in [0.2, 0.25) is 0 Å². The van der Waals surface area contributed by atoms with E-state index >= 15 is 0 Å². The average molecular weight is 492 g/mol. The van der Waals surface area contributed by atoms with Crippen LogP contribution in [0, 0.1) is 6.92 Å². The fraction of sp³-hybridized carbons (Fsp3) is 0.310. The monoisotopic (exact) mass is 491 g/mol. The van der Waals surface area contributed by atoms with E-state index in [0.717, 1.165) is 34.0 Å². The zero-order valence-corrected chi connectivity index (χ0v) is 20.6. The standard InChI is InChI=1S/C29H28F3N3O/c1-18(2)20-6-8-21(9-7-20)26-19(3)28(35-13-15-36-16-14-35)34-25-17-22(10-11-23(25)26)27-24(29(30,31)32)5-4-12-33-27/h4-12,17-18H,13-16H2,1-3H3. The maximum Gasteiger partial charge on any atom is 0.418 e. The van der Waals surface area contributed by atoms with Gasteiger partial charge in [-0.25, -0.2) is 4.98 Å². The minimum Gasteiger partial charge on any atom is -0.378 e. The molecule has 3 heterocycles. The van der Waals surface area contributed by atoms with E-state index in [9.17, 15) is 13.2 Å². The van der Waals surface area contributed by atoms with Gasteiger partial charge in [0.05, 0.1) is 30.0 Å². The molecule has 4 nitrogen and oxygen atoms in total. The van der Waals surface area contributed by atoms with Gasteiger partial charge in [0.15, 0.2) is 0 Å². The molecule has 5 rings (SSSR count). The lowest BCUT2D eigenvalue weighted by Gasteiger charge is -2.30. The summed E-state index contributed by atoms with van der Waals surface area (Å²) in [7, 11) is 0. The van der Waals surface area contributed by atoms with Crippen LogP contribution in [0.5, 0.6) is 0 Å². The summed E-state index contributed by atoms with van der Waals surface area (Å²) in [6.45, 7) is 9.03. The van der Waals surface area contributed by atoms with Gasteiger partial charge in [0.2, 0.25) is 0 Å². The highest BCUT2D eigenvalue weighted by Crippen LogP contribution is 2.40. The van der Waals surface area contributed by atoms with Crippen LogP contribution in [-0.4, -0.2) is 36.3 Å². The lowest BCUT2D eigenvalue weighted by molar-refractivity contribution is -0.137. The minimum atomic E-state index is -4.50. The first kappa shape index (κ1) is 24.3. The van der Waals surface area contributed by atoms with Gasteiger partial charge in [-0.15, -0.1) is 0 Å². The van der Waals surface area contributed by atoms with E-state index in [4.69, 9.17) is 9.72 Å². The number of aromatic nitrogens is 2. The van der Waals surface area contributed by atoms with Crippen molar-refractivity contribution in [3.05, 3.63) is 77.5 Å². The number of hydrogen-bond acceptors (Lipinski definition) is 4. The van der Waals surface area contributed by atoms with Crippen LogP contribution in [-0.2, 0) is 10.9 Å². The second-order valence-electron chi connectivity index (χ2n) is 9.44. The summed E-state index contributed by atoms with van der Waals surface area (Å²) in [4.78, 5) is 11.2. The predicted molar refractivity (Wildman–Crippen MR) is 137 cm³/mol. The second kappa shape index (κ2) is 9.54. The molecule has 0 N–H and O–H groups in total. The van der Waals surface area contributed by atoms with Crippen molar-refractivity contribution in [3.8, 4) is 22.4 Å². The number of hydrogen-bond donors (Lipinski definition) is 0. The van der Waals surface area contributed by atoms with E-state index in [1.807, 2.05) is 6.07 Å². The smallest absolute Gasteiger partial charge is 0.378 e. The molecular weight excluding hydrogens is 463 g/mol. The Morgan fingerprint density at radius 2 is 1.64 bits per heavy atom. The van der Waals surface area contributed by atoms with Gasteiger partial charge in [-0.2, -0.15) is 13.2 Å². The largest absolute Gasteiger partial charge is 0.418 e. The number of ether oxygens (including phenoxy) is 1. The van der Waals surface area contributed by atoms with Crippen molar-refractivity contribution in [2.45, 2.75) is 32.9 Å². The SMILES string of the molecule is Cc1c(N2CCOCC2)nc2cc(-c3ncccc3C(F)(F)F)ccc2c1-c1ccc(C(C)C)cc1. The van der Waals surface area contributed by atoms with Crippen LogP contribution in [0.15, 0.2) is 60.8 Å². The van der Waals surface area contributed by atoms with E-state index in [-0.39, 0.29) is 5.69 Å². The van der Waals surface area contributed by atoms with E-state index < -0.39 is 11.7 Å². The molecule has 1 aliphatic heterocycles. The van der Waals surface area contributed by atoms with Crippen molar-refractivity contribution in [2.75, 3.05) is 31.2 Å². The lowest BCUT2D eigenvalue weighted by atomic mass is 9.92. The summed E-state index contributed by atoms with van der Waals surface area (Å²) in [6.07, 6.45) is -3.11. The topological polar surface area (TPSA) is 38.2 Å². The number of alkyl halides is 3. The second-order valence-corrected chi connectivity index (χ2v) is 9.44. The van der Waals surface area contributed by atoms with Gasteiger partial charge in [0, 0.05) is 35.8 Å². The van der Waals surface area contributed by atoms with Gasteiger partial charge in [-0.3, -0.25) is 4.98 Å². The van der Waals surface area contributed by atoms with E-state index in [1.54, 1.807) is 12.1 Å². The van der Waals surface area contributed by atoms with E-state index in [1.165, 1.54) is 17.8 Å². The first-order valence-electron chi connectivity index (χ1n) is 12.1. The molecule has 1 saturated heterocycles. The molecule has 0 spiro atoms. The van der Waals surface area contributed by atoms with Crippen LogP contribution in [0.4, 0.5) is 19.0 Å². The van der Waals surface area contributed by atoms with Crippen LogP contribution in [0.3, 0.4) is 0 Å². The van der Waals surface area contributed by atoms with Crippen molar-refractivity contribution < 1.29 is 17.9 Å². The molecule has 0 unspecified atom stereocenters. The van der Waals surface area contributed by atoms with Gasteiger partial charge in [-0.05, 0) is 47.7 Å². The quantitative estimate of drug-likeness (QED) is 0.301. The summed E-state index contributed by atoms with van der Waals surface area (Å²) < 4.78 is 46.7. The fourth-order valence-corrected chi connectivity index (χ4v) is 4.85. The number of nitrogens with zero attached hydrogens (tertiary/aromatic N) is 3. The average Bonchev–Trinajstić information content (AvgIpc) is 2.88. The summed E-state index contributed by atoms with van der Waals surface area (Å²) in [5.41, 5.74) is 4.57. The number of halogens is 3. The molecule has 7 heteroatoms. The molecular formula is C29H28F3N3O. The van der Waals surface area contributed by atoms with Gasteiger partial charge < -0.3 is 9.64 Å². The highest BCUT2D eigenvalue weighted by molar-refractivity contribution is 6.00. The van der Waals surface area contributed by atoms with Crippen LogP contribution >= 0.6 is 0 Å². The van der Waals surface area contributed by atoms with Crippen molar-refractivity contribution in [1.29, 1.82) is 0 Å². The van der Waals surface area contributed by atoms with Crippen LogP contribution in [0.1, 0.15) is 36.5 Å². The van der Waals surface area contributed by atoms with E-state index in [2.05, 4.69) is 54.9 Å². The third-order valence-corrected chi connectivity index (χ3v) is 6.77. The zero-order chi connectivity index (χ0) is 25.4. The molecule has 2 aromatic carbocycles. The fourth-order valence-electron chi connectivity index (χ4n) is 4.85. The van der Waals surface area contributed by atoms with Crippen molar-refractivity contribution >= 4 is 16.7 Å². The third-order valence-electron chi connectivity index (χ3n) is 6.77. The molecule has 2 aromatic heterocycles. The Labute approximate surface area is 208 Å². The Kier molecular flexibility index (Phi) is 6.43. The molecule has 0 aliphatic carbocycles. The Hall–Kier alpha value is -3.45.